The van der Waals surface area contributed by atoms with Crippen LogP contribution in [-0.2, 0) is 4.79 Å². The summed E-state index contributed by atoms with van der Waals surface area (Å²) in [5.74, 6) is -0.681. The topological polar surface area (TPSA) is 57.5 Å². The van der Waals surface area contributed by atoms with Crippen LogP contribution >= 0.6 is 0 Å². The van der Waals surface area contributed by atoms with Gasteiger partial charge in [-0.2, -0.15) is 0 Å². The van der Waals surface area contributed by atoms with Crippen LogP contribution in [0.1, 0.15) is 90.4 Å². The molecule has 3 heteroatoms. The van der Waals surface area contributed by atoms with E-state index in [1.807, 2.05) is 18.2 Å². The predicted molar refractivity (Wildman–Crippen MR) is 97.6 cm³/mol. The molecule has 0 aromatic rings. The van der Waals surface area contributed by atoms with Crippen molar-refractivity contribution in [2.45, 2.75) is 96.5 Å². The van der Waals surface area contributed by atoms with Gasteiger partial charge in [0, 0.05) is 6.42 Å². The van der Waals surface area contributed by atoms with Gasteiger partial charge in [0.15, 0.2) is 0 Å². The van der Waals surface area contributed by atoms with E-state index in [0.717, 1.165) is 38.5 Å². The summed E-state index contributed by atoms with van der Waals surface area (Å²) in [6, 6.07) is 0. The normalized spacial score (nSPS) is 13.1. The number of aliphatic carboxylic acids is 1. The van der Waals surface area contributed by atoms with E-state index in [9.17, 15) is 9.90 Å². The predicted octanol–water partition coefficient (Wildman–Crippen LogP) is 5.64. The van der Waals surface area contributed by atoms with Crippen molar-refractivity contribution >= 4 is 5.97 Å². The highest BCUT2D eigenvalue weighted by atomic mass is 16.4. The van der Waals surface area contributed by atoms with E-state index in [-0.39, 0.29) is 6.10 Å². The first-order valence-corrected chi connectivity index (χ1v) is 9.40. The lowest BCUT2D eigenvalue weighted by molar-refractivity contribution is -0.137. The Hall–Kier alpha value is -1.09. The molecule has 0 bridgehead atoms. The summed E-state index contributed by atoms with van der Waals surface area (Å²) in [5, 5.41) is 18.2. The van der Waals surface area contributed by atoms with Gasteiger partial charge in [-0.25, -0.2) is 0 Å². The Kier molecular flexibility index (Phi) is 16.4. The Morgan fingerprint density at radius 2 is 1.57 bits per heavy atom. The third kappa shape index (κ3) is 18.9. The molecular formula is C20H36O3. The third-order valence-electron chi connectivity index (χ3n) is 3.95. The van der Waals surface area contributed by atoms with E-state index in [1.165, 1.54) is 38.5 Å². The molecule has 0 aromatic carbocycles. The molecule has 0 heterocycles. The van der Waals surface area contributed by atoms with Crippen molar-refractivity contribution in [1.82, 2.24) is 0 Å². The van der Waals surface area contributed by atoms with Crippen LogP contribution in [0.25, 0.3) is 0 Å². The zero-order chi connectivity index (χ0) is 17.2. The lowest BCUT2D eigenvalue weighted by atomic mass is 10.1. The van der Waals surface area contributed by atoms with Gasteiger partial charge >= 0.3 is 5.97 Å². The van der Waals surface area contributed by atoms with Crippen LogP contribution in [-0.4, -0.2) is 22.3 Å². The van der Waals surface area contributed by atoms with Gasteiger partial charge in [-0.15, -0.1) is 0 Å². The fourth-order valence-electron chi connectivity index (χ4n) is 2.49. The Balaban J connectivity index is 3.32. The van der Waals surface area contributed by atoms with Gasteiger partial charge < -0.3 is 10.2 Å². The summed E-state index contributed by atoms with van der Waals surface area (Å²) in [7, 11) is 0. The van der Waals surface area contributed by atoms with Gasteiger partial charge in [0.25, 0.3) is 0 Å². The summed E-state index contributed by atoms with van der Waals surface area (Å²) >= 11 is 0. The second-order valence-corrected chi connectivity index (χ2v) is 6.28. The van der Waals surface area contributed by atoms with Crippen molar-refractivity contribution in [2.75, 3.05) is 0 Å². The molecule has 23 heavy (non-hydrogen) atoms. The molecule has 0 aliphatic rings. The van der Waals surface area contributed by atoms with Crippen LogP contribution < -0.4 is 0 Å². The molecule has 1 atom stereocenters. The van der Waals surface area contributed by atoms with Gasteiger partial charge in [-0.1, -0.05) is 82.6 Å². The van der Waals surface area contributed by atoms with Gasteiger partial charge in [-0.05, 0) is 25.7 Å². The summed E-state index contributed by atoms with van der Waals surface area (Å²) in [5.41, 5.74) is 0. The third-order valence-corrected chi connectivity index (χ3v) is 3.95. The minimum Gasteiger partial charge on any atom is -0.481 e. The maximum absolute atomic E-state index is 10.4. The number of carbonyl (C=O) groups is 1. The number of hydrogen-bond acceptors (Lipinski definition) is 2. The van der Waals surface area contributed by atoms with Gasteiger partial charge in [0.1, 0.15) is 0 Å². The van der Waals surface area contributed by atoms with Gasteiger partial charge in [0.05, 0.1) is 6.10 Å². The zero-order valence-electron chi connectivity index (χ0n) is 14.9. The van der Waals surface area contributed by atoms with Crippen LogP contribution in [0.4, 0.5) is 0 Å². The number of allylic oxidation sites excluding steroid dienone is 3. The van der Waals surface area contributed by atoms with E-state index in [1.54, 1.807) is 0 Å². The molecular weight excluding hydrogens is 288 g/mol. The Bertz CT molecular complexity index is 321. The second-order valence-electron chi connectivity index (χ2n) is 6.28. The average Bonchev–Trinajstić information content (AvgIpc) is 2.51. The monoisotopic (exact) mass is 324 g/mol. The second kappa shape index (κ2) is 17.3. The average molecular weight is 325 g/mol. The molecule has 134 valence electrons. The highest BCUT2D eigenvalue weighted by molar-refractivity contribution is 5.66. The van der Waals surface area contributed by atoms with Crippen LogP contribution in [0.2, 0.25) is 0 Å². The summed E-state index contributed by atoms with van der Waals surface area (Å²) in [6.07, 6.45) is 21.4. The van der Waals surface area contributed by atoms with Crippen molar-refractivity contribution in [3.8, 4) is 0 Å². The Morgan fingerprint density at radius 1 is 0.913 bits per heavy atom. The number of hydrogen-bond donors (Lipinski definition) is 2. The molecule has 0 rings (SSSR count). The van der Waals surface area contributed by atoms with E-state index in [4.69, 9.17) is 5.11 Å². The van der Waals surface area contributed by atoms with Crippen LogP contribution in [0, 0.1) is 0 Å². The first kappa shape index (κ1) is 21.9. The van der Waals surface area contributed by atoms with Crippen molar-refractivity contribution in [1.29, 1.82) is 0 Å². The number of carboxylic acids is 1. The summed E-state index contributed by atoms with van der Waals surface area (Å²) < 4.78 is 0. The van der Waals surface area contributed by atoms with Crippen molar-refractivity contribution in [2.24, 2.45) is 0 Å². The quantitative estimate of drug-likeness (QED) is 0.285. The molecule has 0 aromatic heterocycles. The maximum Gasteiger partial charge on any atom is 0.303 e. The number of carboxylic acid groups (broad SMARTS) is 1. The number of rotatable bonds is 16. The molecule has 2 N–H and O–H groups in total. The first-order chi connectivity index (χ1) is 11.2. The van der Waals surface area contributed by atoms with Crippen LogP contribution in [0.5, 0.6) is 0 Å². The van der Waals surface area contributed by atoms with Crippen LogP contribution in [0.15, 0.2) is 24.3 Å². The summed E-state index contributed by atoms with van der Waals surface area (Å²) in [4.78, 5) is 10.4. The molecule has 0 aliphatic heterocycles. The van der Waals surface area contributed by atoms with Gasteiger partial charge in [0.2, 0.25) is 0 Å². The number of aliphatic hydroxyl groups is 1. The highest BCUT2D eigenvalue weighted by Gasteiger charge is 1.97. The van der Waals surface area contributed by atoms with Crippen LogP contribution in [0.3, 0.4) is 0 Å². The molecule has 0 spiro atoms. The zero-order valence-corrected chi connectivity index (χ0v) is 14.9. The number of aliphatic hydroxyl groups excluding tert-OH is 1. The minimum absolute atomic E-state index is 0.299. The fraction of sp³-hybridized carbons (Fsp3) is 0.750. The van der Waals surface area contributed by atoms with Crippen molar-refractivity contribution in [3.05, 3.63) is 24.3 Å². The SMILES string of the molecule is CCCCC[C@H](O)/C=C/C=C/CCCCCCCCCC(=O)O. The van der Waals surface area contributed by atoms with E-state index in [2.05, 4.69) is 13.0 Å². The maximum atomic E-state index is 10.4. The molecule has 0 saturated carbocycles. The first-order valence-electron chi connectivity index (χ1n) is 9.40. The minimum atomic E-state index is -0.681. The lowest BCUT2D eigenvalue weighted by Crippen LogP contribution is -2.00. The van der Waals surface area contributed by atoms with E-state index < -0.39 is 5.97 Å². The highest BCUT2D eigenvalue weighted by Crippen LogP contribution is 2.10. The van der Waals surface area contributed by atoms with E-state index >= 15 is 0 Å². The van der Waals surface area contributed by atoms with Crippen molar-refractivity contribution < 1.29 is 15.0 Å². The Morgan fingerprint density at radius 3 is 2.22 bits per heavy atom. The molecule has 0 amide bonds. The standard InChI is InChI=1S/C20H36O3/c1-2-3-13-16-19(21)17-14-11-9-7-5-4-6-8-10-12-15-18-20(22)23/h9,11,14,17,19,21H,2-8,10,12-13,15-16,18H2,1H3,(H,22,23)/b11-9+,17-14+/t19-/m0/s1. The fourth-order valence-corrected chi connectivity index (χ4v) is 2.49. The molecule has 3 nitrogen and oxygen atoms in total. The smallest absolute Gasteiger partial charge is 0.303 e. The molecule has 0 unspecified atom stereocenters. The Labute approximate surface area is 142 Å². The number of unbranched alkanes of at least 4 members (excludes halogenated alkanes) is 9. The summed E-state index contributed by atoms with van der Waals surface area (Å²) in [6.45, 7) is 2.17. The van der Waals surface area contributed by atoms with E-state index in [0.29, 0.717) is 6.42 Å². The molecule has 0 fully saturated rings. The lowest BCUT2D eigenvalue weighted by Gasteiger charge is -2.03. The molecule has 0 aliphatic carbocycles. The molecule has 0 saturated heterocycles. The van der Waals surface area contributed by atoms with Gasteiger partial charge in [-0.3, -0.25) is 4.79 Å². The molecule has 0 radical (unpaired) electrons. The van der Waals surface area contributed by atoms with Crippen molar-refractivity contribution in [3.63, 3.8) is 0 Å². The largest absolute Gasteiger partial charge is 0.481 e.